The summed E-state index contributed by atoms with van der Waals surface area (Å²) in [5, 5.41) is 1.69. The summed E-state index contributed by atoms with van der Waals surface area (Å²) < 4.78 is 125. The highest BCUT2D eigenvalue weighted by Gasteiger charge is 2.38. The summed E-state index contributed by atoms with van der Waals surface area (Å²) in [5.74, 6) is -2.94. The lowest BCUT2D eigenvalue weighted by atomic mass is 9.84. The van der Waals surface area contributed by atoms with Crippen LogP contribution in [0.15, 0.2) is 182 Å². The van der Waals surface area contributed by atoms with Gasteiger partial charge in [0, 0.05) is 44.9 Å². The molecule has 63 heavy (non-hydrogen) atoms. The first-order valence-electron chi connectivity index (χ1n) is 25.9. The van der Waals surface area contributed by atoms with Gasteiger partial charge in [-0.3, -0.25) is 4.57 Å². The molecule has 4 nitrogen and oxygen atoms in total. The van der Waals surface area contributed by atoms with E-state index in [1.54, 1.807) is 65.7 Å². The van der Waals surface area contributed by atoms with E-state index < -0.39 is 71.8 Å². The van der Waals surface area contributed by atoms with Gasteiger partial charge in [0.2, 0.25) is 0 Å². The first-order chi connectivity index (χ1) is 34.4. The number of halogens is 2. The topological polar surface area (TPSA) is 24.3 Å². The molecule has 0 unspecified atom stereocenters. The number of hydrogen-bond donors (Lipinski definition) is 0. The van der Waals surface area contributed by atoms with Gasteiger partial charge in [0.25, 0.3) is 5.92 Å². The fraction of sp³-hybridized carbons (Fsp3) is 0.175. The van der Waals surface area contributed by atoms with Crippen LogP contribution >= 0.6 is 0 Å². The van der Waals surface area contributed by atoms with Crippen molar-refractivity contribution in [3.8, 4) is 28.1 Å². The monoisotopic (exact) mass is 838 g/mol. The lowest BCUT2D eigenvalue weighted by molar-refractivity contribution is 0.0428. The molecule has 0 spiro atoms. The van der Waals surface area contributed by atoms with Gasteiger partial charge in [-0.1, -0.05) is 163 Å². The van der Waals surface area contributed by atoms with Gasteiger partial charge in [-0.25, -0.2) is 4.98 Å². The molecule has 0 radical (unpaired) electrons. The molecular formula is C57H50F2N4. The van der Waals surface area contributed by atoms with Crippen LogP contribution in [0.2, 0.25) is 0 Å². The van der Waals surface area contributed by atoms with Crippen LogP contribution in [-0.4, -0.2) is 16.2 Å². The predicted molar refractivity (Wildman–Crippen MR) is 258 cm³/mol. The van der Waals surface area contributed by atoms with Crippen LogP contribution in [-0.2, 0) is 16.8 Å². The molecule has 3 heterocycles. The number of hydrogen-bond acceptors (Lipinski definition) is 3. The Morgan fingerprint density at radius 2 is 1.11 bits per heavy atom. The third-order valence-corrected chi connectivity index (χ3v) is 11.9. The Labute approximate surface area is 382 Å². The molecule has 7 aromatic carbocycles. The van der Waals surface area contributed by atoms with E-state index in [0.29, 0.717) is 34.0 Å². The Kier molecular flexibility index (Phi) is 7.20. The van der Waals surface area contributed by atoms with Crippen LogP contribution in [0.25, 0.3) is 49.9 Å². The third-order valence-electron chi connectivity index (χ3n) is 11.9. The molecular weight excluding hydrogens is 779 g/mol. The molecule has 0 N–H and O–H groups in total. The number of alkyl halides is 2. The summed E-state index contributed by atoms with van der Waals surface area (Å²) in [6.45, 7) is 12.1. The van der Waals surface area contributed by atoms with Crippen LogP contribution in [0.3, 0.4) is 0 Å². The fourth-order valence-electron chi connectivity index (χ4n) is 8.60. The summed E-state index contributed by atoms with van der Waals surface area (Å²) in [7, 11) is 0. The lowest BCUT2D eigenvalue weighted by Crippen LogP contribution is -2.26. The number of nitrogens with zero attached hydrogens (tertiary/aromatic N) is 4. The number of rotatable bonds is 7. The van der Waals surface area contributed by atoms with E-state index in [-0.39, 0.29) is 51.2 Å². The van der Waals surface area contributed by atoms with Crippen molar-refractivity contribution in [2.45, 2.75) is 58.3 Å². The number of anilines is 4. The number of aromatic nitrogens is 2. The van der Waals surface area contributed by atoms with E-state index in [1.165, 1.54) is 12.1 Å². The second-order valence-corrected chi connectivity index (χ2v) is 18.0. The minimum atomic E-state index is -3.55. The minimum Gasteiger partial charge on any atom is -0.321 e. The Morgan fingerprint density at radius 1 is 0.524 bits per heavy atom. The van der Waals surface area contributed by atoms with Gasteiger partial charge in [0.15, 0.2) is 0 Å². The highest BCUT2D eigenvalue weighted by Crippen LogP contribution is 2.51. The molecule has 0 amide bonds. The average molecular weight is 839 g/mol. The molecule has 0 atom stereocenters. The van der Waals surface area contributed by atoms with Crippen molar-refractivity contribution in [3.05, 3.63) is 204 Å². The standard InChI is InChI=1S/C57H50F2N4/c1-55(2,3)40-30-31-60-53(36-40)63-49-25-14-13-22-47(49)48-29-28-41(35-52(48)63)57(58,59)43-32-42(56(4,5)6)33-44(34-43)61-37-62(51-27-16-15-26-50(51)61)54-45(38-18-9-7-10-19-38)23-17-24-46(54)39-20-11-8-12-21-39/h7-36H,37H2,1-6H3/i7D,8D,9D,10D,11D,12D,18D,19D,20D,21D. The predicted octanol–water partition coefficient (Wildman–Crippen LogP) is 15.5. The van der Waals surface area contributed by atoms with Crippen LogP contribution in [0.5, 0.6) is 0 Å². The number of fused-ring (bicyclic) bond motifs is 4. The summed E-state index contributed by atoms with van der Waals surface area (Å²) in [4.78, 5) is 8.38. The highest BCUT2D eigenvalue weighted by atomic mass is 19.3. The smallest absolute Gasteiger partial charge is 0.298 e. The fourth-order valence-corrected chi connectivity index (χ4v) is 8.60. The summed E-state index contributed by atoms with van der Waals surface area (Å²) >= 11 is 0. The summed E-state index contributed by atoms with van der Waals surface area (Å²) in [6, 6.07) is 27.7. The van der Waals surface area contributed by atoms with Gasteiger partial charge < -0.3 is 9.80 Å². The number of para-hydroxylation sites is 4. The largest absolute Gasteiger partial charge is 0.321 e. The molecule has 0 aliphatic carbocycles. The van der Waals surface area contributed by atoms with E-state index in [2.05, 4.69) is 20.8 Å². The maximum Gasteiger partial charge on any atom is 0.298 e. The SMILES string of the molecule is [2H]c1c([2H])c([2H])c(-c2cccc(-c3c([2H])c([2H])c([2H])c([2H])c3[2H])c2N2CN(c3cc(C(C)(C)C)cc(C(F)(F)c4ccc5c6ccccc6n(-c6cc(C(C)(C)C)ccn6)c5c4)c3)c3ccccc32)c([2H])c1[2H]. The molecule has 6 heteroatoms. The van der Waals surface area contributed by atoms with Gasteiger partial charge in [-0.05, 0) is 87.7 Å². The maximum atomic E-state index is 17.9. The third kappa shape index (κ3) is 7.04. The van der Waals surface area contributed by atoms with Crippen molar-refractivity contribution in [2.75, 3.05) is 16.5 Å². The molecule has 9 aromatic rings. The molecule has 0 bridgehead atoms. The van der Waals surface area contributed by atoms with Crippen LogP contribution in [0.1, 0.15) is 77.5 Å². The van der Waals surface area contributed by atoms with Gasteiger partial charge in [-0.2, -0.15) is 8.78 Å². The van der Waals surface area contributed by atoms with Gasteiger partial charge in [0.1, 0.15) is 12.5 Å². The average Bonchev–Trinajstić information content (AvgIpc) is 3.92. The molecule has 2 aromatic heterocycles. The van der Waals surface area contributed by atoms with E-state index in [4.69, 9.17) is 18.7 Å². The van der Waals surface area contributed by atoms with Crippen LogP contribution in [0, 0.1) is 0 Å². The molecule has 1 aliphatic rings. The Bertz CT molecular complexity index is 3620. The van der Waals surface area contributed by atoms with E-state index in [0.717, 1.165) is 21.9 Å². The Balaban J connectivity index is 1.17. The minimum absolute atomic E-state index is 0.0913. The molecule has 312 valence electrons. The first-order valence-corrected chi connectivity index (χ1v) is 20.9. The van der Waals surface area contributed by atoms with Crippen molar-refractivity contribution in [1.82, 2.24) is 9.55 Å². The second-order valence-electron chi connectivity index (χ2n) is 18.0. The zero-order valence-electron chi connectivity index (χ0n) is 45.8. The number of pyridine rings is 1. The number of benzene rings is 7. The lowest BCUT2D eigenvalue weighted by Gasteiger charge is -2.29. The zero-order valence-corrected chi connectivity index (χ0v) is 35.8. The zero-order chi connectivity index (χ0) is 52.4. The van der Waals surface area contributed by atoms with Gasteiger partial charge >= 0.3 is 0 Å². The molecule has 0 saturated carbocycles. The maximum absolute atomic E-state index is 17.9. The molecule has 0 saturated heterocycles. The highest BCUT2D eigenvalue weighted by molar-refractivity contribution is 6.09. The van der Waals surface area contributed by atoms with Crippen LogP contribution in [0.4, 0.5) is 31.5 Å². The molecule has 10 rings (SSSR count). The quantitative estimate of drug-likeness (QED) is 0.160. The molecule has 0 fully saturated rings. The van der Waals surface area contributed by atoms with Gasteiger partial charge in [0.05, 0.1) is 41.8 Å². The first kappa shape index (κ1) is 30.1. The Hall–Kier alpha value is -7.05. The van der Waals surface area contributed by atoms with Crippen molar-refractivity contribution in [2.24, 2.45) is 0 Å². The van der Waals surface area contributed by atoms with Crippen LogP contribution < -0.4 is 9.80 Å². The van der Waals surface area contributed by atoms with E-state index >= 15 is 8.78 Å². The summed E-state index contributed by atoms with van der Waals surface area (Å²) in [6.07, 6.45) is 1.75. The molecule has 1 aliphatic heterocycles. The summed E-state index contributed by atoms with van der Waals surface area (Å²) in [5.41, 5.74) is 3.33. The second kappa shape index (κ2) is 15.1. The Morgan fingerprint density at radius 3 is 1.76 bits per heavy atom. The van der Waals surface area contributed by atoms with E-state index in [9.17, 15) is 0 Å². The van der Waals surface area contributed by atoms with Crippen molar-refractivity contribution in [1.29, 1.82) is 0 Å². The van der Waals surface area contributed by atoms with E-state index in [1.807, 2.05) is 78.8 Å². The normalized spacial score (nSPS) is 15.5. The van der Waals surface area contributed by atoms with Crippen molar-refractivity contribution in [3.63, 3.8) is 0 Å². The van der Waals surface area contributed by atoms with Crippen molar-refractivity contribution < 1.29 is 22.5 Å². The van der Waals surface area contributed by atoms with Gasteiger partial charge in [-0.15, -0.1) is 0 Å². The van der Waals surface area contributed by atoms with Crippen molar-refractivity contribution >= 4 is 44.6 Å².